The average Bonchev–Trinajstić information content (AvgIpc) is 4.19. The summed E-state index contributed by atoms with van der Waals surface area (Å²) in [5, 5.41) is 12.6. The number of carbonyl (C=O) groups is 4. The van der Waals surface area contributed by atoms with Crippen molar-refractivity contribution in [3.05, 3.63) is 114 Å². The van der Waals surface area contributed by atoms with Crippen LogP contribution < -0.4 is 10.2 Å². The van der Waals surface area contributed by atoms with E-state index in [0.717, 1.165) is 71.8 Å². The highest BCUT2D eigenvalue weighted by Gasteiger charge is 2.44. The van der Waals surface area contributed by atoms with E-state index < -0.39 is 35.1 Å². The first kappa shape index (κ1) is 50.7. The Hall–Kier alpha value is -6.64. The van der Waals surface area contributed by atoms with Crippen molar-refractivity contribution in [2.45, 2.75) is 143 Å². The molecule has 0 spiro atoms. The molecule has 4 amide bonds. The van der Waals surface area contributed by atoms with Gasteiger partial charge in [0.1, 0.15) is 23.7 Å². The molecule has 71 heavy (non-hydrogen) atoms. The number of nitrogens with one attached hydrogen (secondary N) is 3. The summed E-state index contributed by atoms with van der Waals surface area (Å²) in [6, 6.07) is 24.7. The van der Waals surface area contributed by atoms with Gasteiger partial charge in [0, 0.05) is 25.8 Å². The molecule has 378 valence electrons. The number of hydrogen-bond donors (Lipinski definition) is 4. The predicted molar refractivity (Wildman–Crippen MR) is 276 cm³/mol. The number of methoxy groups -OCH3 is 1. The van der Waals surface area contributed by atoms with Crippen LogP contribution in [0.3, 0.4) is 0 Å². The number of alkyl carbamates (subject to hydrolysis) is 1. The number of hydrogen-bond acceptors (Lipinski definition) is 8. The van der Waals surface area contributed by atoms with Gasteiger partial charge in [0.2, 0.25) is 11.8 Å². The zero-order valence-electron chi connectivity index (χ0n) is 43.4. The van der Waals surface area contributed by atoms with Crippen LogP contribution in [-0.4, -0.2) is 103 Å². The maximum atomic E-state index is 14.0. The molecule has 4 N–H and O–H groups in total. The number of aromatic amines is 2. The number of rotatable bonds is 11. The van der Waals surface area contributed by atoms with E-state index in [1.165, 1.54) is 36.5 Å². The number of nitrogens with zero attached hydrogens (tertiary/aromatic N) is 6. The summed E-state index contributed by atoms with van der Waals surface area (Å²) in [6.07, 6.45) is 7.01. The summed E-state index contributed by atoms with van der Waals surface area (Å²) in [7, 11) is 2.77. The highest BCUT2D eigenvalue weighted by molar-refractivity contribution is 5.87. The molecular weight excluding hydrogens is 895 g/mol. The number of H-pyrrole nitrogens is 2. The first-order valence-electron chi connectivity index (χ1n) is 25.2. The number of imidazole rings is 2. The number of benzene rings is 3. The van der Waals surface area contributed by atoms with Gasteiger partial charge in [0.25, 0.3) is 0 Å². The van der Waals surface area contributed by atoms with Crippen LogP contribution in [0.15, 0.2) is 85.2 Å². The Bertz CT molecular complexity index is 2690. The van der Waals surface area contributed by atoms with E-state index in [1.807, 2.05) is 58.8 Å². The van der Waals surface area contributed by atoms with Crippen molar-refractivity contribution in [1.29, 1.82) is 0 Å². The minimum atomic E-state index is -1.13. The maximum absolute atomic E-state index is 14.0. The number of carbonyl (C=O) groups excluding carboxylic acids is 3. The van der Waals surface area contributed by atoms with Crippen LogP contribution in [0, 0.1) is 10.8 Å². The van der Waals surface area contributed by atoms with Crippen LogP contribution in [-0.2, 0) is 19.7 Å². The van der Waals surface area contributed by atoms with Crippen LogP contribution in [0.1, 0.15) is 153 Å². The van der Waals surface area contributed by atoms with E-state index in [1.54, 1.807) is 4.90 Å². The van der Waals surface area contributed by atoms with Crippen LogP contribution in [0.5, 0.6) is 0 Å². The number of aromatic nitrogens is 4. The summed E-state index contributed by atoms with van der Waals surface area (Å²) < 4.78 is 4.86. The van der Waals surface area contributed by atoms with E-state index in [-0.39, 0.29) is 41.4 Å². The Morgan fingerprint density at radius 1 is 0.662 bits per heavy atom. The van der Waals surface area contributed by atoms with Gasteiger partial charge in [-0.3, -0.25) is 14.5 Å². The molecule has 0 aliphatic carbocycles. The predicted octanol–water partition coefficient (Wildman–Crippen LogP) is 11.0. The lowest BCUT2D eigenvalue weighted by atomic mass is 9.84. The molecule has 3 saturated heterocycles. The molecule has 0 bridgehead atoms. The van der Waals surface area contributed by atoms with Crippen LogP contribution in [0.2, 0.25) is 0 Å². The fraction of sp³-hybridized carbons (Fsp3) is 0.500. The van der Waals surface area contributed by atoms with Crippen molar-refractivity contribution in [3.8, 4) is 22.5 Å². The molecule has 0 saturated carbocycles. The minimum absolute atomic E-state index is 0.0205. The molecule has 15 heteroatoms. The molecule has 8 rings (SSSR count). The van der Waals surface area contributed by atoms with Crippen molar-refractivity contribution in [3.63, 3.8) is 0 Å². The molecular formula is C56H73N9O6. The van der Waals surface area contributed by atoms with Crippen molar-refractivity contribution in [2.75, 3.05) is 32.1 Å². The Balaban J connectivity index is 1.01. The van der Waals surface area contributed by atoms with Crippen molar-refractivity contribution in [1.82, 2.24) is 40.0 Å². The summed E-state index contributed by atoms with van der Waals surface area (Å²) >= 11 is 0. The average molecular weight is 968 g/mol. The van der Waals surface area contributed by atoms with E-state index in [9.17, 15) is 24.3 Å². The molecule has 3 aromatic carbocycles. The molecule has 3 fully saturated rings. The largest absolute Gasteiger partial charge is 0.465 e. The number of amides is 4. The minimum Gasteiger partial charge on any atom is -0.465 e. The van der Waals surface area contributed by atoms with Crippen LogP contribution in [0.4, 0.5) is 15.3 Å². The topological polar surface area (TPSA) is 180 Å². The zero-order valence-corrected chi connectivity index (χ0v) is 43.4. The second-order valence-electron chi connectivity index (χ2n) is 22.9. The second-order valence-corrected chi connectivity index (χ2v) is 22.9. The first-order valence-corrected chi connectivity index (χ1v) is 25.2. The van der Waals surface area contributed by atoms with Crippen molar-refractivity contribution in [2.24, 2.45) is 10.8 Å². The Morgan fingerprint density at radius 2 is 1.13 bits per heavy atom. The zero-order chi connectivity index (χ0) is 51.2. The third-order valence-corrected chi connectivity index (χ3v) is 14.8. The molecule has 5 heterocycles. The summed E-state index contributed by atoms with van der Waals surface area (Å²) in [5.74, 6) is 1.08. The molecule has 3 aliphatic rings. The highest BCUT2D eigenvalue weighted by Crippen LogP contribution is 2.48. The third-order valence-electron chi connectivity index (χ3n) is 14.8. The summed E-state index contributed by atoms with van der Waals surface area (Å²) in [4.78, 5) is 76.2. The van der Waals surface area contributed by atoms with Gasteiger partial charge in [-0.2, -0.15) is 0 Å². The van der Waals surface area contributed by atoms with Gasteiger partial charge in [-0.05, 0) is 94.7 Å². The van der Waals surface area contributed by atoms with Gasteiger partial charge in [-0.25, -0.2) is 19.6 Å². The van der Waals surface area contributed by atoms with Crippen LogP contribution >= 0.6 is 0 Å². The fourth-order valence-electron chi connectivity index (χ4n) is 11.0. The van der Waals surface area contributed by atoms with Gasteiger partial charge >= 0.3 is 12.2 Å². The van der Waals surface area contributed by atoms with Gasteiger partial charge in [0.15, 0.2) is 0 Å². The quantitative estimate of drug-likeness (QED) is 0.100. The monoisotopic (exact) mass is 968 g/mol. The van der Waals surface area contributed by atoms with E-state index in [4.69, 9.17) is 14.7 Å². The smallest absolute Gasteiger partial charge is 0.407 e. The molecule has 6 atom stereocenters. The third kappa shape index (κ3) is 10.6. The highest BCUT2D eigenvalue weighted by atomic mass is 16.5. The molecule has 5 aromatic rings. The molecule has 0 radical (unpaired) electrons. The number of likely N-dealkylation sites (tertiary alicyclic amines) is 2. The summed E-state index contributed by atoms with van der Waals surface area (Å²) in [5.41, 5.74) is 7.52. The first-order chi connectivity index (χ1) is 33.5. The number of anilines is 1. The maximum Gasteiger partial charge on any atom is 0.407 e. The van der Waals surface area contributed by atoms with Gasteiger partial charge in [0.05, 0.1) is 55.1 Å². The van der Waals surface area contributed by atoms with Crippen molar-refractivity contribution < 1.29 is 29.0 Å². The SMILES string of the molecule is COC(=O)N[C@H](C(=O)N1CCC[C@H]1c1ncc(-c2ccc([C@H]3CC[C@H](c4ccc(-c5cnc([C@@H]6CCCN6C(=O)[C@@H](N(C)C(=O)O)C(C)(C)C)[nH]5)cc4)N3c3ccc(C(C)(C)C)cc3)cc2)[nH]1)C(C)(C)C. The standard InChI is InChI=1S/C56H73N9O6/c1-54(2,3)38-24-26-39(27-25-38)65-42(36-20-16-34(17-21-36)40-32-57-48(59-40)44-14-12-30-63(44)50(66)46(55(4,5)6)61-52(68)71-11)28-29-43(65)37-22-18-35(19-23-37)41-33-58-49(60-41)45-15-13-31-64(45)51(67)47(56(7,8)9)62(10)53(69)70/h16-27,32-33,42-47H,12-15,28-31H2,1-11H3,(H,57,59)(H,58,60)(H,61,68)(H,69,70)/t42-,43-,44+,45+,46-,47-/m1/s1. The second kappa shape index (κ2) is 19.9. The lowest BCUT2D eigenvalue weighted by Crippen LogP contribution is -2.54. The fourth-order valence-corrected chi connectivity index (χ4v) is 11.0. The lowest BCUT2D eigenvalue weighted by Gasteiger charge is -2.38. The van der Waals surface area contributed by atoms with Gasteiger partial charge < -0.3 is 39.8 Å². The molecule has 3 aliphatic heterocycles. The number of carboxylic acid groups (broad SMARTS) is 1. The van der Waals surface area contributed by atoms with E-state index >= 15 is 0 Å². The van der Waals surface area contributed by atoms with E-state index in [0.29, 0.717) is 18.9 Å². The lowest BCUT2D eigenvalue weighted by molar-refractivity contribution is -0.141. The Labute approximate surface area is 418 Å². The summed E-state index contributed by atoms with van der Waals surface area (Å²) in [6.45, 7) is 19.3. The Morgan fingerprint density at radius 3 is 1.54 bits per heavy atom. The van der Waals surface area contributed by atoms with Gasteiger partial charge in [-0.1, -0.05) is 123 Å². The number of likely N-dealkylation sites (N-methyl/N-ethyl adjacent to an activating group) is 1. The van der Waals surface area contributed by atoms with E-state index in [2.05, 4.69) is 114 Å². The van der Waals surface area contributed by atoms with Gasteiger partial charge in [-0.15, -0.1) is 0 Å². The van der Waals surface area contributed by atoms with Crippen molar-refractivity contribution >= 4 is 29.7 Å². The Kier molecular flexibility index (Phi) is 14.2. The molecule has 0 unspecified atom stereocenters. The normalized spacial score (nSPS) is 20.5. The number of ether oxygens (including phenoxy) is 1. The van der Waals surface area contributed by atoms with Crippen LogP contribution in [0.25, 0.3) is 22.5 Å². The molecule has 2 aromatic heterocycles. The molecule has 15 nitrogen and oxygen atoms in total.